The summed E-state index contributed by atoms with van der Waals surface area (Å²) in [5.74, 6) is 0.362. The molecular formula is C13H10BClF3O-. The van der Waals surface area contributed by atoms with E-state index in [1.54, 1.807) is 36.4 Å². The smallest absolute Gasteiger partial charge is 0.492 e. The van der Waals surface area contributed by atoms with Gasteiger partial charge in [0.15, 0.2) is 0 Å². The first-order chi connectivity index (χ1) is 8.89. The molecule has 19 heavy (non-hydrogen) atoms. The van der Waals surface area contributed by atoms with Gasteiger partial charge in [0.2, 0.25) is 0 Å². The lowest BCUT2D eigenvalue weighted by molar-refractivity contribution is 0.350. The number of rotatable bonds is 4. The van der Waals surface area contributed by atoms with Gasteiger partial charge in [0.05, 0.1) is 6.61 Å². The van der Waals surface area contributed by atoms with Crippen LogP contribution in [-0.4, -0.2) is 13.6 Å². The van der Waals surface area contributed by atoms with E-state index in [4.69, 9.17) is 16.3 Å². The lowest BCUT2D eigenvalue weighted by Gasteiger charge is -2.19. The van der Waals surface area contributed by atoms with Crippen molar-refractivity contribution in [1.82, 2.24) is 0 Å². The van der Waals surface area contributed by atoms with E-state index >= 15 is 0 Å². The Morgan fingerprint density at radius 3 is 2.37 bits per heavy atom. The van der Waals surface area contributed by atoms with E-state index in [0.717, 1.165) is 5.39 Å². The lowest BCUT2D eigenvalue weighted by atomic mass is 9.81. The SMILES string of the molecule is C=C(COc1ccc(Cl)c2ccccc12)[B-](F)(F)F. The molecule has 0 spiro atoms. The lowest BCUT2D eigenvalue weighted by Crippen LogP contribution is -2.23. The highest BCUT2D eigenvalue weighted by molar-refractivity contribution is 6.66. The Bertz CT molecular complexity index is 625. The standard InChI is InChI=1S/C13H10BClF3O/c1-9(14(16,17)18)8-19-13-7-6-12(15)10-4-2-3-5-11(10)13/h2-7H,1,8H2/q-1. The predicted octanol–water partition coefficient (Wildman–Crippen LogP) is 4.81. The minimum absolute atomic E-state index is 0.362. The molecule has 2 rings (SSSR count). The van der Waals surface area contributed by atoms with Crippen molar-refractivity contribution in [3.8, 4) is 5.75 Å². The van der Waals surface area contributed by atoms with Crippen LogP contribution >= 0.6 is 11.6 Å². The molecule has 0 aromatic heterocycles. The van der Waals surface area contributed by atoms with Gasteiger partial charge in [0, 0.05) is 15.8 Å². The summed E-state index contributed by atoms with van der Waals surface area (Å²) in [6.45, 7) is -2.65. The van der Waals surface area contributed by atoms with Crippen molar-refractivity contribution >= 4 is 29.4 Å². The molecule has 0 atom stereocenters. The monoisotopic (exact) mass is 285 g/mol. The van der Waals surface area contributed by atoms with Gasteiger partial charge >= 0.3 is 6.98 Å². The summed E-state index contributed by atoms with van der Waals surface area (Å²) in [7, 11) is 0. The predicted molar refractivity (Wildman–Crippen MR) is 72.7 cm³/mol. The third kappa shape index (κ3) is 3.04. The third-order valence-corrected chi connectivity index (χ3v) is 3.04. The van der Waals surface area contributed by atoms with Crippen molar-refractivity contribution in [2.45, 2.75) is 0 Å². The number of fused-ring (bicyclic) bond motifs is 1. The summed E-state index contributed by atoms with van der Waals surface area (Å²) >= 11 is 6.01. The number of hydrogen-bond acceptors (Lipinski definition) is 1. The average molecular weight is 285 g/mol. The van der Waals surface area contributed by atoms with Crippen LogP contribution < -0.4 is 4.74 Å². The number of ether oxygens (including phenoxy) is 1. The van der Waals surface area contributed by atoms with Crippen molar-refractivity contribution in [2.75, 3.05) is 6.61 Å². The van der Waals surface area contributed by atoms with Crippen molar-refractivity contribution < 1.29 is 17.7 Å². The Hall–Kier alpha value is -1.62. The summed E-state index contributed by atoms with van der Waals surface area (Å²) in [5, 5.41) is 1.95. The molecule has 0 amide bonds. The van der Waals surface area contributed by atoms with Gasteiger partial charge in [-0.2, -0.15) is 0 Å². The van der Waals surface area contributed by atoms with Crippen LogP contribution in [0, 0.1) is 0 Å². The Morgan fingerprint density at radius 1 is 1.11 bits per heavy atom. The molecule has 100 valence electrons. The third-order valence-electron chi connectivity index (χ3n) is 2.71. The first kappa shape index (κ1) is 13.8. The maximum atomic E-state index is 12.4. The molecule has 0 fully saturated rings. The molecule has 0 radical (unpaired) electrons. The minimum atomic E-state index is -5.07. The summed E-state index contributed by atoms with van der Waals surface area (Å²) in [5.41, 5.74) is -0.862. The van der Waals surface area contributed by atoms with Crippen LogP contribution in [0.15, 0.2) is 48.4 Å². The number of hydrogen-bond donors (Lipinski definition) is 0. The second-order valence-electron chi connectivity index (χ2n) is 4.11. The largest absolute Gasteiger partial charge is 0.508 e. The van der Waals surface area contributed by atoms with Gasteiger partial charge in [-0.1, -0.05) is 35.9 Å². The highest BCUT2D eigenvalue weighted by Gasteiger charge is 2.27. The van der Waals surface area contributed by atoms with Crippen LogP contribution in [0.1, 0.15) is 0 Å². The van der Waals surface area contributed by atoms with Gasteiger partial charge in [-0.15, -0.1) is 12.1 Å². The zero-order valence-electron chi connectivity index (χ0n) is 9.88. The van der Waals surface area contributed by atoms with Crippen LogP contribution in [0.5, 0.6) is 5.75 Å². The minimum Gasteiger partial charge on any atom is -0.492 e. The van der Waals surface area contributed by atoms with Crippen molar-refractivity contribution in [1.29, 1.82) is 0 Å². The van der Waals surface area contributed by atoms with E-state index in [0.29, 0.717) is 16.2 Å². The van der Waals surface area contributed by atoms with Gasteiger partial charge in [-0.3, -0.25) is 0 Å². The topological polar surface area (TPSA) is 9.23 Å². The number of benzene rings is 2. The second-order valence-corrected chi connectivity index (χ2v) is 4.52. The molecule has 0 bridgehead atoms. The van der Waals surface area contributed by atoms with Gasteiger partial charge in [-0.05, 0) is 12.1 Å². The molecule has 6 heteroatoms. The molecular weight excluding hydrogens is 275 g/mol. The second kappa shape index (κ2) is 5.17. The molecule has 0 aliphatic carbocycles. The highest BCUT2D eigenvalue weighted by atomic mass is 35.5. The normalized spacial score (nSPS) is 11.6. The first-order valence-corrected chi connectivity index (χ1v) is 5.95. The Morgan fingerprint density at radius 2 is 1.74 bits per heavy atom. The molecule has 2 aromatic carbocycles. The van der Waals surface area contributed by atoms with E-state index in [-0.39, 0.29) is 0 Å². The summed E-state index contributed by atoms with van der Waals surface area (Å²) in [4.78, 5) is 0. The van der Waals surface area contributed by atoms with Crippen LogP contribution in [0.4, 0.5) is 12.9 Å². The fraction of sp³-hybridized carbons (Fsp3) is 0.0769. The van der Waals surface area contributed by atoms with Crippen molar-refractivity contribution in [2.24, 2.45) is 0 Å². The van der Waals surface area contributed by atoms with E-state index in [2.05, 4.69) is 6.58 Å². The Balaban J connectivity index is 2.27. The zero-order chi connectivity index (χ0) is 14.0. The maximum Gasteiger partial charge on any atom is 0.508 e. The van der Waals surface area contributed by atoms with Gasteiger partial charge < -0.3 is 17.7 Å². The van der Waals surface area contributed by atoms with Gasteiger partial charge in [-0.25, -0.2) is 0 Å². The highest BCUT2D eigenvalue weighted by Crippen LogP contribution is 2.31. The Labute approximate surface area is 113 Å². The fourth-order valence-electron chi connectivity index (χ4n) is 1.63. The first-order valence-electron chi connectivity index (χ1n) is 5.57. The molecule has 0 aliphatic heterocycles. The molecule has 0 saturated carbocycles. The van der Waals surface area contributed by atoms with E-state index in [9.17, 15) is 12.9 Å². The van der Waals surface area contributed by atoms with Gasteiger partial charge in [0.25, 0.3) is 0 Å². The molecule has 2 aromatic rings. The summed E-state index contributed by atoms with van der Waals surface area (Å²) in [6, 6.07) is 10.3. The maximum absolute atomic E-state index is 12.4. The van der Waals surface area contributed by atoms with E-state index in [1.807, 2.05) is 0 Å². The quantitative estimate of drug-likeness (QED) is 0.732. The Kier molecular flexibility index (Phi) is 3.76. The zero-order valence-corrected chi connectivity index (χ0v) is 10.6. The molecule has 0 heterocycles. The summed E-state index contributed by atoms with van der Waals surface area (Å²) in [6.07, 6.45) is 0. The van der Waals surface area contributed by atoms with Crippen LogP contribution in [0.25, 0.3) is 10.8 Å². The van der Waals surface area contributed by atoms with E-state index < -0.39 is 19.1 Å². The molecule has 0 unspecified atom stereocenters. The van der Waals surface area contributed by atoms with Crippen LogP contribution in [0.2, 0.25) is 5.02 Å². The van der Waals surface area contributed by atoms with Crippen LogP contribution in [0.3, 0.4) is 0 Å². The summed E-state index contributed by atoms with van der Waals surface area (Å²) < 4.78 is 42.4. The molecule has 0 N–H and O–H groups in total. The average Bonchev–Trinajstić information content (AvgIpc) is 2.37. The molecule has 1 nitrogen and oxygen atoms in total. The van der Waals surface area contributed by atoms with Crippen LogP contribution in [-0.2, 0) is 0 Å². The van der Waals surface area contributed by atoms with Gasteiger partial charge in [0.1, 0.15) is 5.75 Å². The van der Waals surface area contributed by atoms with E-state index in [1.165, 1.54) is 0 Å². The van der Waals surface area contributed by atoms with Crippen molar-refractivity contribution in [3.63, 3.8) is 0 Å². The molecule has 0 saturated heterocycles. The fourth-order valence-corrected chi connectivity index (χ4v) is 1.85. The van der Waals surface area contributed by atoms with Crippen molar-refractivity contribution in [3.05, 3.63) is 53.5 Å². The number of halogens is 4. The molecule has 0 aliphatic rings.